The molecule has 1 aliphatic heterocycles. The van der Waals surface area contributed by atoms with E-state index >= 15 is 0 Å². The number of halogens is 3. The van der Waals surface area contributed by atoms with Gasteiger partial charge in [0.25, 0.3) is 0 Å². The first-order valence-electron chi connectivity index (χ1n) is 5.62. The van der Waals surface area contributed by atoms with Crippen molar-refractivity contribution in [2.24, 2.45) is 5.73 Å². The molecule has 8 heteroatoms. The van der Waals surface area contributed by atoms with E-state index in [1.165, 1.54) is 16.4 Å². The molecule has 1 fully saturated rings. The van der Waals surface area contributed by atoms with E-state index in [4.69, 9.17) is 5.73 Å². The third kappa shape index (κ3) is 3.66. The molecule has 1 aliphatic rings. The van der Waals surface area contributed by atoms with Crippen molar-refractivity contribution in [2.75, 3.05) is 13.1 Å². The molecular formula is C11H15BrClFN2O2S. The third-order valence-electron chi connectivity index (χ3n) is 3.01. The predicted molar refractivity (Wildman–Crippen MR) is 77.3 cm³/mol. The van der Waals surface area contributed by atoms with Crippen molar-refractivity contribution in [3.8, 4) is 0 Å². The van der Waals surface area contributed by atoms with Crippen LogP contribution in [0.4, 0.5) is 4.39 Å². The van der Waals surface area contributed by atoms with Gasteiger partial charge in [-0.15, -0.1) is 12.4 Å². The van der Waals surface area contributed by atoms with E-state index in [0.29, 0.717) is 30.4 Å². The minimum atomic E-state index is -3.77. The van der Waals surface area contributed by atoms with Crippen molar-refractivity contribution in [2.45, 2.75) is 23.8 Å². The van der Waals surface area contributed by atoms with Gasteiger partial charge in [-0.05, 0) is 31.0 Å². The topological polar surface area (TPSA) is 63.4 Å². The van der Waals surface area contributed by atoms with Crippen LogP contribution in [0.15, 0.2) is 27.6 Å². The molecule has 1 saturated heterocycles. The number of rotatable bonds is 2. The van der Waals surface area contributed by atoms with Crippen molar-refractivity contribution >= 4 is 38.4 Å². The molecule has 0 atom stereocenters. The Balaban J connectivity index is 0.00000180. The number of nitrogens with two attached hydrogens (primary N) is 1. The number of nitrogens with zero attached hydrogens (tertiary/aromatic N) is 1. The molecule has 0 aromatic heterocycles. The Morgan fingerprint density at radius 2 is 1.89 bits per heavy atom. The number of hydrogen-bond donors (Lipinski definition) is 1. The molecule has 0 bridgehead atoms. The molecule has 2 N–H and O–H groups in total. The first-order valence-corrected chi connectivity index (χ1v) is 7.85. The molecular weight excluding hydrogens is 359 g/mol. The Morgan fingerprint density at radius 1 is 1.32 bits per heavy atom. The fourth-order valence-electron chi connectivity index (χ4n) is 1.93. The lowest BCUT2D eigenvalue weighted by Gasteiger charge is -2.29. The fraction of sp³-hybridized carbons (Fsp3) is 0.455. The summed E-state index contributed by atoms with van der Waals surface area (Å²) < 4.78 is 40.1. The lowest BCUT2D eigenvalue weighted by molar-refractivity contribution is 0.319. The second-order valence-corrected chi connectivity index (χ2v) is 7.14. The van der Waals surface area contributed by atoms with Crippen LogP contribution >= 0.6 is 28.3 Å². The van der Waals surface area contributed by atoms with Gasteiger partial charge < -0.3 is 5.73 Å². The van der Waals surface area contributed by atoms with Crippen LogP contribution in [-0.4, -0.2) is 31.9 Å². The van der Waals surface area contributed by atoms with Gasteiger partial charge in [0, 0.05) is 23.6 Å². The maximum atomic E-state index is 13.6. The summed E-state index contributed by atoms with van der Waals surface area (Å²) in [6.45, 7) is 0.685. The van der Waals surface area contributed by atoms with Crippen LogP contribution in [-0.2, 0) is 10.0 Å². The highest BCUT2D eigenvalue weighted by atomic mass is 79.9. The Morgan fingerprint density at radius 3 is 2.47 bits per heavy atom. The summed E-state index contributed by atoms with van der Waals surface area (Å²) in [5.74, 6) is -0.729. The van der Waals surface area contributed by atoms with E-state index in [1.54, 1.807) is 0 Å². The van der Waals surface area contributed by atoms with Gasteiger partial charge in [-0.2, -0.15) is 4.31 Å². The minimum Gasteiger partial charge on any atom is -0.328 e. The maximum absolute atomic E-state index is 13.6. The lowest BCUT2D eigenvalue weighted by atomic mass is 10.1. The second kappa shape index (κ2) is 6.49. The van der Waals surface area contributed by atoms with E-state index in [9.17, 15) is 12.8 Å². The lowest BCUT2D eigenvalue weighted by Crippen LogP contribution is -2.42. The summed E-state index contributed by atoms with van der Waals surface area (Å²) in [6, 6.07) is 3.94. The van der Waals surface area contributed by atoms with Gasteiger partial charge in [-0.3, -0.25) is 0 Å². The Bertz CT molecular complexity index is 548. The zero-order valence-corrected chi connectivity index (χ0v) is 13.3. The molecule has 19 heavy (non-hydrogen) atoms. The average molecular weight is 374 g/mol. The maximum Gasteiger partial charge on any atom is 0.246 e. The molecule has 1 aromatic rings. The summed E-state index contributed by atoms with van der Waals surface area (Å²) >= 11 is 3.15. The molecule has 1 heterocycles. The van der Waals surface area contributed by atoms with Crippen molar-refractivity contribution in [3.63, 3.8) is 0 Å². The number of sulfonamides is 1. The zero-order chi connectivity index (χ0) is 13.3. The van der Waals surface area contributed by atoms with Crippen molar-refractivity contribution < 1.29 is 12.8 Å². The molecule has 0 radical (unpaired) electrons. The molecule has 0 amide bonds. The van der Waals surface area contributed by atoms with Gasteiger partial charge in [-0.25, -0.2) is 12.8 Å². The van der Waals surface area contributed by atoms with Crippen molar-refractivity contribution in [1.29, 1.82) is 0 Å². The number of hydrogen-bond acceptors (Lipinski definition) is 3. The molecule has 0 aliphatic carbocycles. The van der Waals surface area contributed by atoms with Crippen LogP contribution in [0, 0.1) is 5.82 Å². The highest BCUT2D eigenvalue weighted by Gasteiger charge is 2.30. The third-order valence-corrected chi connectivity index (χ3v) is 5.42. The summed E-state index contributed by atoms with van der Waals surface area (Å²) in [4.78, 5) is -0.285. The van der Waals surface area contributed by atoms with Gasteiger partial charge in [0.05, 0.1) is 0 Å². The average Bonchev–Trinajstić information content (AvgIpc) is 2.32. The molecule has 108 valence electrons. The van der Waals surface area contributed by atoms with Crippen LogP contribution < -0.4 is 5.73 Å². The highest BCUT2D eigenvalue weighted by molar-refractivity contribution is 9.10. The summed E-state index contributed by atoms with van der Waals surface area (Å²) in [5.41, 5.74) is 5.73. The Hall–Kier alpha value is -0.210. The molecule has 0 spiro atoms. The van der Waals surface area contributed by atoms with Crippen molar-refractivity contribution in [1.82, 2.24) is 4.31 Å². The normalized spacial score (nSPS) is 18.1. The number of piperidine rings is 1. The standard InChI is InChI=1S/C11H14BrFN2O2S.ClH/c12-8-1-2-10(13)11(7-8)18(16,17)15-5-3-9(14)4-6-15;/h1-2,7,9H,3-6,14H2;1H. The zero-order valence-electron chi connectivity index (χ0n) is 10.1. The largest absolute Gasteiger partial charge is 0.328 e. The summed E-state index contributed by atoms with van der Waals surface area (Å²) in [7, 11) is -3.77. The first kappa shape index (κ1) is 16.8. The van der Waals surface area contributed by atoms with Gasteiger partial charge in [0.2, 0.25) is 10.0 Å². The fourth-order valence-corrected chi connectivity index (χ4v) is 4.00. The van der Waals surface area contributed by atoms with E-state index in [0.717, 1.165) is 6.07 Å². The molecule has 1 aromatic carbocycles. The van der Waals surface area contributed by atoms with Crippen LogP contribution in [0.25, 0.3) is 0 Å². The molecule has 0 saturated carbocycles. The van der Waals surface area contributed by atoms with Gasteiger partial charge >= 0.3 is 0 Å². The predicted octanol–water partition coefficient (Wildman–Crippen LogP) is 2.12. The Labute approximate surface area is 126 Å². The van der Waals surface area contributed by atoms with Gasteiger partial charge in [-0.1, -0.05) is 15.9 Å². The van der Waals surface area contributed by atoms with Crippen LogP contribution in [0.1, 0.15) is 12.8 Å². The number of benzene rings is 1. The van der Waals surface area contributed by atoms with Gasteiger partial charge in [0.1, 0.15) is 10.7 Å². The molecule has 4 nitrogen and oxygen atoms in total. The van der Waals surface area contributed by atoms with Crippen LogP contribution in [0.3, 0.4) is 0 Å². The Kier molecular flexibility index (Phi) is 5.76. The minimum absolute atomic E-state index is 0. The SMILES string of the molecule is Cl.NC1CCN(S(=O)(=O)c2cc(Br)ccc2F)CC1. The van der Waals surface area contributed by atoms with Gasteiger partial charge in [0.15, 0.2) is 0 Å². The van der Waals surface area contributed by atoms with E-state index in [1.807, 2.05) is 0 Å². The van der Waals surface area contributed by atoms with Crippen molar-refractivity contribution in [3.05, 3.63) is 28.5 Å². The molecule has 0 unspecified atom stereocenters. The van der Waals surface area contributed by atoms with E-state index in [-0.39, 0.29) is 23.3 Å². The highest BCUT2D eigenvalue weighted by Crippen LogP contribution is 2.25. The molecule has 2 rings (SSSR count). The second-order valence-electron chi connectivity index (χ2n) is 4.32. The monoisotopic (exact) mass is 372 g/mol. The van der Waals surface area contributed by atoms with E-state index < -0.39 is 15.8 Å². The quantitative estimate of drug-likeness (QED) is 0.864. The van der Waals surface area contributed by atoms with Crippen LogP contribution in [0.2, 0.25) is 0 Å². The van der Waals surface area contributed by atoms with E-state index in [2.05, 4.69) is 15.9 Å². The summed E-state index contributed by atoms with van der Waals surface area (Å²) in [6.07, 6.45) is 1.21. The summed E-state index contributed by atoms with van der Waals surface area (Å²) in [5, 5.41) is 0. The first-order chi connectivity index (χ1) is 8.41. The smallest absolute Gasteiger partial charge is 0.246 e. The van der Waals surface area contributed by atoms with Crippen LogP contribution in [0.5, 0.6) is 0 Å².